The van der Waals surface area contributed by atoms with Crippen LogP contribution >= 0.6 is 15.6 Å². The first-order valence-electron chi connectivity index (χ1n) is 37.5. The van der Waals surface area contributed by atoms with Crippen molar-refractivity contribution in [1.29, 1.82) is 0 Å². The molecule has 0 aliphatic rings. The molecule has 540 valence electrons. The molecule has 17 nitrogen and oxygen atoms in total. The normalized spacial score (nSPS) is 14.1. The molecule has 19 heteroatoms. The third-order valence-corrected chi connectivity index (χ3v) is 18.6. The molecule has 3 N–H and O–H groups in total. The first-order chi connectivity index (χ1) is 43.9. The predicted octanol–water partition coefficient (Wildman–Crippen LogP) is 20.8. The molecule has 2 unspecified atom stereocenters. The zero-order valence-electron chi connectivity index (χ0n) is 59.1. The van der Waals surface area contributed by atoms with Gasteiger partial charge in [-0.2, -0.15) is 0 Å². The Hall–Kier alpha value is -1.94. The van der Waals surface area contributed by atoms with E-state index in [0.717, 1.165) is 108 Å². The minimum Gasteiger partial charge on any atom is -0.462 e. The van der Waals surface area contributed by atoms with Gasteiger partial charge in [-0.15, -0.1) is 0 Å². The van der Waals surface area contributed by atoms with Gasteiger partial charge in [-0.05, 0) is 37.5 Å². The second-order valence-corrected chi connectivity index (χ2v) is 29.8. The number of ether oxygens (including phenoxy) is 4. The molecular formula is C72H140O17P2. The van der Waals surface area contributed by atoms with Crippen molar-refractivity contribution in [3.05, 3.63) is 0 Å². The molecule has 0 saturated carbocycles. The van der Waals surface area contributed by atoms with Crippen LogP contribution in [0.25, 0.3) is 0 Å². The fourth-order valence-corrected chi connectivity index (χ4v) is 12.5. The molecule has 0 aliphatic heterocycles. The van der Waals surface area contributed by atoms with Crippen LogP contribution in [0, 0.1) is 11.8 Å². The number of rotatable bonds is 71. The summed E-state index contributed by atoms with van der Waals surface area (Å²) in [5, 5.41) is 10.6. The van der Waals surface area contributed by atoms with Crippen molar-refractivity contribution in [1.82, 2.24) is 0 Å². The Kier molecular flexibility index (Phi) is 62.7. The van der Waals surface area contributed by atoms with E-state index in [1.165, 1.54) is 180 Å². The molecule has 0 bridgehead atoms. The third kappa shape index (κ3) is 66.5. The number of carbonyl (C=O) groups is 4. The first kappa shape index (κ1) is 89.1. The van der Waals surface area contributed by atoms with Crippen molar-refractivity contribution in [2.75, 3.05) is 39.6 Å². The summed E-state index contributed by atoms with van der Waals surface area (Å²) in [5.41, 5.74) is 0. The largest absolute Gasteiger partial charge is 0.472 e. The maximum Gasteiger partial charge on any atom is 0.472 e. The summed E-state index contributed by atoms with van der Waals surface area (Å²) in [6.07, 6.45) is 50.3. The lowest BCUT2D eigenvalue weighted by atomic mass is 10.0. The maximum absolute atomic E-state index is 13.0. The molecule has 0 amide bonds. The second kappa shape index (κ2) is 64.1. The number of unbranched alkanes of at least 4 members (excludes halogenated alkanes) is 41. The van der Waals surface area contributed by atoms with Gasteiger partial charge in [-0.3, -0.25) is 37.3 Å². The number of phosphoric ester groups is 2. The molecule has 0 heterocycles. The number of esters is 4. The topological polar surface area (TPSA) is 237 Å². The SMILES string of the molecule is CCCCCCCCCCCCCCCCC(=O)OC[C@H](COP(=O)(O)OC[C@@H](O)COP(=O)(O)OC[C@@H](COC(=O)CCCCCCC)OC(=O)CCCCCCCCCCCCC(C)C)OC(=O)CCCCCCCCCCCCCCCCCCC(C)C. The van der Waals surface area contributed by atoms with Gasteiger partial charge >= 0.3 is 39.5 Å². The molecule has 0 rings (SSSR count). The minimum absolute atomic E-state index is 0.105. The Bertz CT molecular complexity index is 1770. The molecule has 0 fully saturated rings. The van der Waals surface area contributed by atoms with Crippen LogP contribution in [0.2, 0.25) is 0 Å². The Morgan fingerprint density at radius 1 is 0.297 bits per heavy atom. The number of carbonyl (C=O) groups excluding carboxylic acids is 4. The van der Waals surface area contributed by atoms with Crippen LogP contribution in [0.5, 0.6) is 0 Å². The van der Waals surface area contributed by atoms with Crippen LogP contribution < -0.4 is 0 Å². The fourth-order valence-electron chi connectivity index (χ4n) is 10.9. The van der Waals surface area contributed by atoms with Gasteiger partial charge in [0.15, 0.2) is 12.2 Å². The zero-order chi connectivity index (χ0) is 67.2. The van der Waals surface area contributed by atoms with Crippen LogP contribution in [0.4, 0.5) is 0 Å². The van der Waals surface area contributed by atoms with Crippen molar-refractivity contribution < 1.29 is 80.2 Å². The summed E-state index contributed by atoms with van der Waals surface area (Å²) in [4.78, 5) is 72.4. The van der Waals surface area contributed by atoms with Crippen LogP contribution in [0.15, 0.2) is 0 Å². The van der Waals surface area contributed by atoms with Crippen LogP contribution in [-0.2, 0) is 65.4 Å². The van der Waals surface area contributed by atoms with E-state index in [-0.39, 0.29) is 25.7 Å². The summed E-state index contributed by atoms with van der Waals surface area (Å²) in [6, 6.07) is 0. The van der Waals surface area contributed by atoms with Gasteiger partial charge in [0.25, 0.3) is 0 Å². The monoisotopic (exact) mass is 1340 g/mol. The summed E-state index contributed by atoms with van der Waals surface area (Å²) in [6.45, 7) is 9.50. The van der Waals surface area contributed by atoms with E-state index >= 15 is 0 Å². The number of hydrogen-bond donors (Lipinski definition) is 3. The highest BCUT2D eigenvalue weighted by Gasteiger charge is 2.30. The molecule has 0 radical (unpaired) electrons. The summed E-state index contributed by atoms with van der Waals surface area (Å²) in [7, 11) is -9.89. The Labute approximate surface area is 556 Å². The Morgan fingerprint density at radius 2 is 0.505 bits per heavy atom. The lowest BCUT2D eigenvalue weighted by molar-refractivity contribution is -0.161. The van der Waals surface area contributed by atoms with E-state index in [9.17, 15) is 43.2 Å². The quantitative estimate of drug-likeness (QED) is 0.0222. The van der Waals surface area contributed by atoms with Gasteiger partial charge in [-0.1, -0.05) is 318 Å². The minimum atomic E-state index is -4.95. The highest BCUT2D eigenvalue weighted by atomic mass is 31.2. The van der Waals surface area contributed by atoms with Gasteiger partial charge in [-0.25, -0.2) is 9.13 Å². The summed E-state index contributed by atoms with van der Waals surface area (Å²) >= 11 is 0. The maximum atomic E-state index is 13.0. The van der Waals surface area contributed by atoms with E-state index in [4.69, 9.17) is 37.0 Å². The summed E-state index contributed by atoms with van der Waals surface area (Å²) in [5.74, 6) is -0.570. The fraction of sp³-hybridized carbons (Fsp3) is 0.944. The van der Waals surface area contributed by atoms with Crippen molar-refractivity contribution in [2.45, 2.75) is 387 Å². The average Bonchev–Trinajstić information content (AvgIpc) is 3.41. The van der Waals surface area contributed by atoms with Gasteiger partial charge in [0.2, 0.25) is 0 Å². The molecule has 0 saturated heterocycles. The molecule has 0 aromatic rings. The molecule has 0 spiro atoms. The predicted molar refractivity (Wildman–Crippen MR) is 368 cm³/mol. The third-order valence-electron chi connectivity index (χ3n) is 16.7. The molecule has 0 aromatic carbocycles. The van der Waals surface area contributed by atoms with Crippen LogP contribution in [0.3, 0.4) is 0 Å². The number of phosphoric acid groups is 2. The van der Waals surface area contributed by atoms with Crippen molar-refractivity contribution >= 4 is 39.5 Å². The molecule has 91 heavy (non-hydrogen) atoms. The second-order valence-electron chi connectivity index (χ2n) is 26.9. The number of aliphatic hydroxyl groups is 1. The Morgan fingerprint density at radius 3 is 0.747 bits per heavy atom. The van der Waals surface area contributed by atoms with E-state index < -0.39 is 97.5 Å². The highest BCUT2D eigenvalue weighted by Crippen LogP contribution is 2.45. The number of hydrogen-bond acceptors (Lipinski definition) is 15. The first-order valence-corrected chi connectivity index (χ1v) is 40.5. The molecule has 5 atom stereocenters. The smallest absolute Gasteiger partial charge is 0.462 e. The van der Waals surface area contributed by atoms with Crippen molar-refractivity contribution in [2.24, 2.45) is 11.8 Å². The van der Waals surface area contributed by atoms with E-state index in [2.05, 4.69) is 41.5 Å². The van der Waals surface area contributed by atoms with Gasteiger partial charge < -0.3 is 33.8 Å². The summed E-state index contributed by atoms with van der Waals surface area (Å²) < 4.78 is 68.2. The Balaban J connectivity index is 5.14. The van der Waals surface area contributed by atoms with Gasteiger partial charge in [0.05, 0.1) is 26.4 Å². The average molecular weight is 1340 g/mol. The van der Waals surface area contributed by atoms with E-state index in [1.807, 2.05) is 0 Å². The van der Waals surface area contributed by atoms with Crippen molar-refractivity contribution in [3.63, 3.8) is 0 Å². The molecule has 0 aliphatic carbocycles. The molecule has 0 aromatic heterocycles. The van der Waals surface area contributed by atoms with Gasteiger partial charge in [0.1, 0.15) is 19.3 Å². The van der Waals surface area contributed by atoms with Crippen molar-refractivity contribution in [3.8, 4) is 0 Å². The van der Waals surface area contributed by atoms with E-state index in [1.54, 1.807) is 0 Å². The molecular weight excluding hydrogens is 1200 g/mol. The van der Waals surface area contributed by atoms with Crippen LogP contribution in [-0.4, -0.2) is 96.7 Å². The lowest BCUT2D eigenvalue weighted by Gasteiger charge is -2.21. The van der Waals surface area contributed by atoms with Crippen LogP contribution in [0.1, 0.15) is 369 Å². The highest BCUT2D eigenvalue weighted by molar-refractivity contribution is 7.47. The lowest BCUT2D eigenvalue weighted by Crippen LogP contribution is -2.30. The van der Waals surface area contributed by atoms with E-state index in [0.29, 0.717) is 25.7 Å². The standard InChI is InChI=1S/C72H140O17P2/c1-7-9-11-13-14-15-16-17-23-26-32-37-43-49-55-70(75)83-61-68(89-72(77)56-50-44-38-33-27-24-21-19-18-20-22-25-30-35-41-46-52-64(3)4)63-87-91(80,81)85-59-66(73)58-84-90(78,79)86-62-67(60-82-69(74)54-48-40-12-10-8-2)88-71(76)57-51-45-39-34-29-28-31-36-42-47-53-65(5)6/h64-68,73H,7-63H2,1-6H3,(H,78,79)(H,80,81)/t66-,67+,68+/m0/s1. The zero-order valence-corrected chi connectivity index (χ0v) is 60.9. The van der Waals surface area contributed by atoms with Gasteiger partial charge in [0, 0.05) is 25.7 Å². The number of aliphatic hydroxyl groups excluding tert-OH is 1.